The summed E-state index contributed by atoms with van der Waals surface area (Å²) in [6.07, 6.45) is 50.8. The zero-order chi connectivity index (χ0) is 39.6. The lowest BCUT2D eigenvalue weighted by atomic mass is 10.0. The van der Waals surface area contributed by atoms with Crippen LogP contribution in [0.5, 0.6) is 0 Å². The van der Waals surface area contributed by atoms with Crippen LogP contribution in [0.4, 0.5) is 0 Å². The van der Waals surface area contributed by atoms with Crippen LogP contribution in [0.25, 0.3) is 0 Å². The molecule has 0 fully saturated rings. The van der Waals surface area contributed by atoms with Gasteiger partial charge < -0.3 is 25.7 Å². The van der Waals surface area contributed by atoms with Crippen LogP contribution in [0.15, 0.2) is 36.5 Å². The number of hydrogen-bond donors (Lipinski definition) is 5. The zero-order valence-corrected chi connectivity index (χ0v) is 35.7. The standard InChI is InChI=1S/C48H91NO5/c1-3-5-7-9-11-13-15-17-18-19-20-21-22-23-24-25-26-27-28-29-30-32-33-35-37-39-41-45(51)47(53)44(43-50)49-48(54)46(52)42-40-38-36-34-31-16-14-12-10-8-6-4-2/h31,33-35,38,40,44-47,50-53H,3-30,32,36-37,39,41-43H2,1-2H3,(H,49,54)/b34-31-,35-33+,40-38-. The van der Waals surface area contributed by atoms with E-state index in [9.17, 15) is 25.2 Å². The first kappa shape index (κ1) is 52.5. The molecule has 1 amide bonds. The Morgan fingerprint density at radius 2 is 0.833 bits per heavy atom. The first-order chi connectivity index (χ1) is 26.5. The van der Waals surface area contributed by atoms with Gasteiger partial charge in [0, 0.05) is 6.42 Å². The number of carbonyl (C=O) groups is 1. The van der Waals surface area contributed by atoms with E-state index in [-0.39, 0.29) is 6.42 Å². The Balaban J connectivity index is 3.72. The molecule has 0 radical (unpaired) electrons. The van der Waals surface area contributed by atoms with Crippen molar-refractivity contribution in [2.75, 3.05) is 6.61 Å². The van der Waals surface area contributed by atoms with Crippen LogP contribution in [0.1, 0.15) is 232 Å². The molecule has 0 heterocycles. The van der Waals surface area contributed by atoms with E-state index in [2.05, 4.69) is 43.5 Å². The van der Waals surface area contributed by atoms with Gasteiger partial charge in [0.25, 0.3) is 0 Å². The largest absolute Gasteiger partial charge is 0.394 e. The highest BCUT2D eigenvalue weighted by molar-refractivity contribution is 5.81. The second kappa shape index (κ2) is 42.7. The first-order valence-electron chi connectivity index (χ1n) is 23.4. The molecule has 6 heteroatoms. The van der Waals surface area contributed by atoms with Gasteiger partial charge in [-0.2, -0.15) is 0 Å². The predicted octanol–water partition coefficient (Wildman–Crippen LogP) is 12.5. The molecule has 4 unspecified atom stereocenters. The number of aliphatic hydroxyl groups excluding tert-OH is 4. The minimum atomic E-state index is -1.30. The molecular formula is C48H91NO5. The van der Waals surface area contributed by atoms with E-state index in [1.807, 2.05) is 6.08 Å². The van der Waals surface area contributed by atoms with E-state index in [0.29, 0.717) is 12.8 Å². The second-order valence-corrected chi connectivity index (χ2v) is 16.1. The fraction of sp³-hybridized carbons (Fsp3) is 0.854. The highest BCUT2D eigenvalue weighted by atomic mass is 16.3. The molecule has 0 rings (SSSR count). The van der Waals surface area contributed by atoms with Gasteiger partial charge in [0.2, 0.25) is 5.91 Å². The van der Waals surface area contributed by atoms with Crippen LogP contribution in [-0.4, -0.2) is 57.3 Å². The summed E-state index contributed by atoms with van der Waals surface area (Å²) in [5.74, 6) is -0.660. The smallest absolute Gasteiger partial charge is 0.249 e. The van der Waals surface area contributed by atoms with Crippen molar-refractivity contribution in [1.29, 1.82) is 0 Å². The summed E-state index contributed by atoms with van der Waals surface area (Å²) < 4.78 is 0. The maximum atomic E-state index is 12.4. The summed E-state index contributed by atoms with van der Waals surface area (Å²) in [4.78, 5) is 12.4. The number of allylic oxidation sites excluding steroid dienone is 5. The highest BCUT2D eigenvalue weighted by Crippen LogP contribution is 2.16. The van der Waals surface area contributed by atoms with Crippen molar-refractivity contribution in [3.05, 3.63) is 36.5 Å². The van der Waals surface area contributed by atoms with E-state index in [0.717, 1.165) is 25.7 Å². The minimum Gasteiger partial charge on any atom is -0.394 e. The molecule has 0 spiro atoms. The Hall–Kier alpha value is -1.47. The maximum absolute atomic E-state index is 12.4. The molecule has 0 aromatic rings. The second-order valence-electron chi connectivity index (χ2n) is 16.1. The molecule has 0 bridgehead atoms. The van der Waals surface area contributed by atoms with Crippen molar-refractivity contribution in [2.45, 2.75) is 257 Å². The Kier molecular flexibility index (Phi) is 41.5. The molecule has 0 aromatic carbocycles. The summed E-state index contributed by atoms with van der Waals surface area (Å²) in [5.41, 5.74) is 0. The Bertz CT molecular complexity index is 858. The lowest BCUT2D eigenvalue weighted by Gasteiger charge is -2.27. The van der Waals surface area contributed by atoms with Crippen molar-refractivity contribution in [3.8, 4) is 0 Å². The van der Waals surface area contributed by atoms with Crippen LogP contribution >= 0.6 is 0 Å². The summed E-state index contributed by atoms with van der Waals surface area (Å²) in [5, 5.41) is 43.5. The van der Waals surface area contributed by atoms with Gasteiger partial charge in [-0.15, -0.1) is 0 Å². The molecule has 0 aliphatic carbocycles. The summed E-state index contributed by atoms with van der Waals surface area (Å²) in [6, 6.07) is -1.03. The number of aliphatic hydroxyl groups is 4. The molecule has 4 atom stereocenters. The average molecular weight is 762 g/mol. The van der Waals surface area contributed by atoms with E-state index in [1.54, 1.807) is 6.08 Å². The van der Waals surface area contributed by atoms with Crippen LogP contribution in [0.2, 0.25) is 0 Å². The molecule has 0 saturated heterocycles. The monoisotopic (exact) mass is 762 g/mol. The Labute approximate surface area is 335 Å². The number of rotatable bonds is 42. The topological polar surface area (TPSA) is 110 Å². The maximum Gasteiger partial charge on any atom is 0.249 e. The molecule has 318 valence electrons. The lowest BCUT2D eigenvalue weighted by Crippen LogP contribution is -2.52. The molecule has 0 aliphatic heterocycles. The molecule has 5 N–H and O–H groups in total. The van der Waals surface area contributed by atoms with Gasteiger partial charge in [-0.05, 0) is 51.4 Å². The normalized spacial score (nSPS) is 14.4. The molecule has 6 nitrogen and oxygen atoms in total. The number of nitrogens with one attached hydrogen (secondary N) is 1. The SMILES string of the molecule is CCCCCCCC/C=C\C/C=C\CC(O)C(=O)NC(CO)C(O)C(O)CCC/C=C/CCCCCCCCCCCCCCCCCCCCCCC. The van der Waals surface area contributed by atoms with Gasteiger partial charge in [-0.1, -0.05) is 211 Å². The van der Waals surface area contributed by atoms with Crippen molar-refractivity contribution in [2.24, 2.45) is 0 Å². The van der Waals surface area contributed by atoms with Crippen molar-refractivity contribution in [3.63, 3.8) is 0 Å². The van der Waals surface area contributed by atoms with Gasteiger partial charge >= 0.3 is 0 Å². The molecule has 54 heavy (non-hydrogen) atoms. The lowest BCUT2D eigenvalue weighted by molar-refractivity contribution is -0.132. The first-order valence-corrected chi connectivity index (χ1v) is 23.4. The fourth-order valence-electron chi connectivity index (χ4n) is 7.10. The van der Waals surface area contributed by atoms with Crippen molar-refractivity contribution < 1.29 is 25.2 Å². The van der Waals surface area contributed by atoms with Gasteiger partial charge in [-0.3, -0.25) is 4.79 Å². The van der Waals surface area contributed by atoms with Crippen LogP contribution < -0.4 is 5.32 Å². The zero-order valence-electron chi connectivity index (χ0n) is 35.7. The summed E-state index contributed by atoms with van der Waals surface area (Å²) >= 11 is 0. The van der Waals surface area contributed by atoms with Gasteiger partial charge in [0.05, 0.1) is 18.8 Å². The van der Waals surface area contributed by atoms with Gasteiger partial charge in [-0.25, -0.2) is 0 Å². The minimum absolute atomic E-state index is 0.153. The van der Waals surface area contributed by atoms with E-state index in [1.165, 1.54) is 173 Å². The third kappa shape index (κ3) is 36.2. The Morgan fingerprint density at radius 1 is 0.481 bits per heavy atom. The van der Waals surface area contributed by atoms with Crippen LogP contribution in [-0.2, 0) is 4.79 Å². The van der Waals surface area contributed by atoms with E-state index >= 15 is 0 Å². The number of carbonyl (C=O) groups excluding carboxylic acids is 1. The fourth-order valence-corrected chi connectivity index (χ4v) is 7.10. The highest BCUT2D eigenvalue weighted by Gasteiger charge is 2.28. The number of unbranched alkanes of at least 4 members (excludes halogenated alkanes) is 28. The number of amides is 1. The molecular weight excluding hydrogens is 671 g/mol. The van der Waals surface area contributed by atoms with Crippen molar-refractivity contribution in [1.82, 2.24) is 5.32 Å². The average Bonchev–Trinajstić information content (AvgIpc) is 3.18. The van der Waals surface area contributed by atoms with Gasteiger partial charge in [0.15, 0.2) is 0 Å². The number of hydrogen-bond acceptors (Lipinski definition) is 5. The molecule has 0 aliphatic rings. The third-order valence-electron chi connectivity index (χ3n) is 10.8. The van der Waals surface area contributed by atoms with Gasteiger partial charge in [0.1, 0.15) is 12.2 Å². The van der Waals surface area contributed by atoms with Crippen LogP contribution in [0.3, 0.4) is 0 Å². The van der Waals surface area contributed by atoms with Crippen molar-refractivity contribution >= 4 is 5.91 Å². The molecule has 0 saturated carbocycles. The summed E-state index contributed by atoms with van der Waals surface area (Å²) in [6.45, 7) is 4.00. The van der Waals surface area contributed by atoms with Crippen LogP contribution in [0, 0.1) is 0 Å². The molecule has 0 aromatic heterocycles. The Morgan fingerprint density at radius 3 is 1.24 bits per heavy atom. The van der Waals surface area contributed by atoms with E-state index < -0.39 is 36.9 Å². The van der Waals surface area contributed by atoms with E-state index in [4.69, 9.17) is 0 Å². The third-order valence-corrected chi connectivity index (χ3v) is 10.8. The summed E-state index contributed by atoms with van der Waals surface area (Å²) in [7, 11) is 0. The predicted molar refractivity (Wildman–Crippen MR) is 233 cm³/mol. The quantitative estimate of drug-likeness (QED) is 0.0314.